The molecule has 4 heterocycles. The Labute approximate surface area is 200 Å². The number of pyridine rings is 1. The molecule has 2 aromatic heterocycles. The van der Waals surface area contributed by atoms with Crippen LogP contribution in [0.1, 0.15) is 35.3 Å². The number of carbonyl (C=O) groups excluding carboxylic acids is 1. The van der Waals surface area contributed by atoms with E-state index in [0.717, 1.165) is 4.31 Å². The zero-order valence-electron chi connectivity index (χ0n) is 18.9. The molecule has 2 atom stereocenters. The highest BCUT2D eigenvalue weighted by Crippen LogP contribution is 2.46. The van der Waals surface area contributed by atoms with Gasteiger partial charge in [-0.15, -0.1) is 0 Å². The van der Waals surface area contributed by atoms with Gasteiger partial charge in [-0.25, -0.2) is 18.0 Å². The Morgan fingerprint density at radius 1 is 1.31 bits per heavy atom. The number of hydrogen-bond donors (Lipinski definition) is 1. The monoisotopic (exact) mass is 507 g/mol. The van der Waals surface area contributed by atoms with Crippen LogP contribution in [0.15, 0.2) is 36.7 Å². The van der Waals surface area contributed by atoms with Crippen molar-refractivity contribution in [2.24, 2.45) is 0 Å². The maximum atomic E-state index is 14.6. The third-order valence-electron chi connectivity index (χ3n) is 6.23. The molecule has 2 unspecified atom stereocenters. The van der Waals surface area contributed by atoms with Gasteiger partial charge in [-0.05, 0) is 18.2 Å². The number of nitrogens with one attached hydrogen (secondary N) is 1. The lowest BCUT2D eigenvalue weighted by atomic mass is 10.0. The van der Waals surface area contributed by atoms with Crippen molar-refractivity contribution in [2.75, 3.05) is 31.8 Å². The second kappa shape index (κ2) is 8.64. The average molecular weight is 508 g/mol. The van der Waals surface area contributed by atoms with Gasteiger partial charge in [0.1, 0.15) is 12.0 Å². The number of nitrogens with zero attached hydrogens (tertiary/aromatic N) is 4. The lowest BCUT2D eigenvalue weighted by Gasteiger charge is -2.27. The van der Waals surface area contributed by atoms with Crippen molar-refractivity contribution in [1.82, 2.24) is 18.6 Å². The Morgan fingerprint density at radius 3 is 2.89 bits per heavy atom. The highest BCUT2D eigenvalue weighted by molar-refractivity contribution is 7.87. The summed E-state index contributed by atoms with van der Waals surface area (Å²) in [5.41, 5.74) is 1.40. The SMILES string of the molecule is CCN(C)S(=O)(=O)NC(=O)c1cnn2ccc(N3CC(F)CC3c3cc(F)cc4c3OCO4)cc12. The number of fused-ring (bicyclic) bond motifs is 2. The van der Waals surface area contributed by atoms with Gasteiger partial charge in [0.2, 0.25) is 6.79 Å². The summed E-state index contributed by atoms with van der Waals surface area (Å²) in [4.78, 5) is 14.5. The summed E-state index contributed by atoms with van der Waals surface area (Å²) in [5, 5.41) is 4.12. The van der Waals surface area contributed by atoms with Gasteiger partial charge in [-0.3, -0.25) is 4.79 Å². The number of benzene rings is 1. The molecule has 0 saturated carbocycles. The van der Waals surface area contributed by atoms with Crippen LogP contribution in [0.4, 0.5) is 14.5 Å². The van der Waals surface area contributed by atoms with E-state index in [0.29, 0.717) is 22.5 Å². The Morgan fingerprint density at radius 2 is 2.11 bits per heavy atom. The zero-order valence-corrected chi connectivity index (χ0v) is 19.8. The van der Waals surface area contributed by atoms with E-state index in [4.69, 9.17) is 9.47 Å². The second-order valence-corrected chi connectivity index (χ2v) is 10.1. The maximum absolute atomic E-state index is 14.6. The fraction of sp³-hybridized carbons (Fsp3) is 0.364. The second-order valence-electron chi connectivity index (χ2n) is 8.35. The molecule has 1 amide bonds. The predicted octanol–water partition coefficient (Wildman–Crippen LogP) is 2.42. The van der Waals surface area contributed by atoms with E-state index in [1.165, 1.54) is 29.9 Å². The number of rotatable bonds is 6. The zero-order chi connectivity index (χ0) is 24.9. The molecular formula is C22H23F2N5O5S. The molecule has 3 aromatic rings. The van der Waals surface area contributed by atoms with Crippen LogP contribution < -0.4 is 19.1 Å². The molecule has 186 valence electrons. The van der Waals surface area contributed by atoms with Gasteiger partial charge in [0.15, 0.2) is 11.5 Å². The molecule has 13 heteroatoms. The minimum Gasteiger partial charge on any atom is -0.453 e. The van der Waals surface area contributed by atoms with Crippen LogP contribution in [0.5, 0.6) is 11.5 Å². The van der Waals surface area contributed by atoms with Crippen molar-refractivity contribution in [3.8, 4) is 11.5 Å². The minimum atomic E-state index is -4.02. The third-order valence-corrected chi connectivity index (χ3v) is 7.76. The fourth-order valence-corrected chi connectivity index (χ4v) is 5.20. The van der Waals surface area contributed by atoms with Crippen molar-refractivity contribution in [3.63, 3.8) is 0 Å². The van der Waals surface area contributed by atoms with E-state index in [1.807, 2.05) is 4.72 Å². The number of anilines is 1. The predicted molar refractivity (Wildman–Crippen MR) is 122 cm³/mol. The average Bonchev–Trinajstić information content (AvgIpc) is 3.54. The summed E-state index contributed by atoms with van der Waals surface area (Å²) >= 11 is 0. The van der Waals surface area contributed by atoms with Gasteiger partial charge in [0, 0.05) is 50.1 Å². The lowest BCUT2D eigenvalue weighted by molar-refractivity contribution is 0.0981. The summed E-state index contributed by atoms with van der Waals surface area (Å²) in [6.07, 6.45) is 1.78. The van der Waals surface area contributed by atoms with Gasteiger partial charge < -0.3 is 14.4 Å². The van der Waals surface area contributed by atoms with E-state index < -0.39 is 34.1 Å². The van der Waals surface area contributed by atoms with Crippen LogP contribution >= 0.6 is 0 Å². The van der Waals surface area contributed by atoms with Gasteiger partial charge in [-0.1, -0.05) is 6.92 Å². The molecule has 1 aromatic carbocycles. The highest BCUT2D eigenvalue weighted by Gasteiger charge is 2.37. The molecule has 0 aliphatic carbocycles. The number of carbonyl (C=O) groups is 1. The first-order valence-corrected chi connectivity index (χ1v) is 12.4. The number of ether oxygens (including phenoxy) is 2. The Kier molecular flexibility index (Phi) is 5.75. The fourth-order valence-electron chi connectivity index (χ4n) is 4.36. The lowest BCUT2D eigenvalue weighted by Crippen LogP contribution is -2.41. The third kappa shape index (κ3) is 4.14. The number of halogens is 2. The number of aromatic nitrogens is 2. The highest BCUT2D eigenvalue weighted by atomic mass is 32.2. The molecular weight excluding hydrogens is 484 g/mol. The Hall–Kier alpha value is -3.45. The molecule has 0 radical (unpaired) electrons. The van der Waals surface area contributed by atoms with E-state index in [-0.39, 0.29) is 37.6 Å². The van der Waals surface area contributed by atoms with E-state index in [2.05, 4.69) is 5.10 Å². The minimum absolute atomic E-state index is 0.0378. The standard InChI is InChI=1S/C22H23F2N5O5S/c1-3-27(2)35(31,32)26-22(30)17-10-25-29-5-4-15(9-19(17)29)28-11-14(24)7-18(28)16-6-13(23)8-20-21(16)34-12-33-20/h4-6,8-10,14,18H,3,7,11-12H2,1-2H3,(H,26,30). The van der Waals surface area contributed by atoms with Crippen LogP contribution in [0.25, 0.3) is 5.52 Å². The van der Waals surface area contributed by atoms with Crippen molar-refractivity contribution in [1.29, 1.82) is 0 Å². The largest absolute Gasteiger partial charge is 0.453 e. The first-order valence-electron chi connectivity index (χ1n) is 10.9. The van der Waals surface area contributed by atoms with Crippen molar-refractivity contribution < 1.29 is 31.5 Å². The normalized spacial score (nSPS) is 19.6. The summed E-state index contributed by atoms with van der Waals surface area (Å²) < 4.78 is 68.8. The molecule has 1 saturated heterocycles. The van der Waals surface area contributed by atoms with E-state index in [1.54, 1.807) is 30.2 Å². The summed E-state index contributed by atoms with van der Waals surface area (Å²) in [6, 6.07) is 5.32. The van der Waals surface area contributed by atoms with Crippen LogP contribution in [-0.4, -0.2) is 61.3 Å². The molecule has 2 aliphatic rings. The molecule has 2 aliphatic heterocycles. The molecule has 1 fully saturated rings. The quantitative estimate of drug-likeness (QED) is 0.546. The number of alkyl halides is 1. The van der Waals surface area contributed by atoms with Gasteiger partial charge >= 0.3 is 10.2 Å². The van der Waals surface area contributed by atoms with Gasteiger partial charge in [0.05, 0.1) is 23.3 Å². The first kappa shape index (κ1) is 23.3. The Balaban J connectivity index is 1.51. The van der Waals surface area contributed by atoms with Gasteiger partial charge in [0.25, 0.3) is 5.91 Å². The van der Waals surface area contributed by atoms with Crippen LogP contribution in [0.3, 0.4) is 0 Å². The topological polar surface area (TPSA) is 105 Å². The first-order chi connectivity index (χ1) is 16.7. The van der Waals surface area contributed by atoms with Crippen LogP contribution in [-0.2, 0) is 10.2 Å². The summed E-state index contributed by atoms with van der Waals surface area (Å²) in [5.74, 6) is -0.709. The number of amides is 1. The molecule has 10 nitrogen and oxygen atoms in total. The molecule has 35 heavy (non-hydrogen) atoms. The van der Waals surface area contributed by atoms with Crippen molar-refractivity contribution >= 4 is 27.3 Å². The van der Waals surface area contributed by atoms with Crippen molar-refractivity contribution in [2.45, 2.75) is 25.6 Å². The number of hydrogen-bond acceptors (Lipinski definition) is 7. The smallest absolute Gasteiger partial charge is 0.303 e. The Bertz CT molecular complexity index is 1410. The maximum Gasteiger partial charge on any atom is 0.303 e. The summed E-state index contributed by atoms with van der Waals surface area (Å²) in [6.45, 7) is 1.81. The van der Waals surface area contributed by atoms with Crippen molar-refractivity contribution in [3.05, 3.63) is 53.6 Å². The van der Waals surface area contributed by atoms with E-state index >= 15 is 0 Å². The molecule has 0 spiro atoms. The van der Waals surface area contributed by atoms with E-state index in [9.17, 15) is 22.0 Å². The summed E-state index contributed by atoms with van der Waals surface area (Å²) in [7, 11) is -2.67. The molecule has 5 rings (SSSR count). The van der Waals surface area contributed by atoms with Crippen LogP contribution in [0, 0.1) is 5.82 Å². The van der Waals surface area contributed by atoms with Gasteiger partial charge in [-0.2, -0.15) is 17.8 Å². The molecule has 0 bridgehead atoms. The molecule has 1 N–H and O–H groups in total. The van der Waals surface area contributed by atoms with Crippen LogP contribution in [0.2, 0.25) is 0 Å².